The normalized spacial score (nSPS) is 15.3. The van der Waals surface area contributed by atoms with Crippen molar-refractivity contribution in [3.8, 4) is 0 Å². The number of aliphatic hydroxyl groups is 1. The molecule has 21 heavy (non-hydrogen) atoms. The van der Waals surface area contributed by atoms with Gasteiger partial charge >= 0.3 is 0 Å². The van der Waals surface area contributed by atoms with Crippen molar-refractivity contribution in [1.82, 2.24) is 5.32 Å². The topological polar surface area (TPSA) is 58.6 Å². The van der Waals surface area contributed by atoms with Gasteiger partial charge in [0, 0.05) is 6.61 Å². The summed E-state index contributed by atoms with van der Waals surface area (Å²) in [5.41, 5.74) is 0.559. The van der Waals surface area contributed by atoms with Crippen LogP contribution >= 0.6 is 0 Å². The standard InChI is InChI=1S/C16H24FNO3/c1-4-5-10-21-12(3)16(20)18-11(2)15(19)13-6-8-14(17)9-7-13/h6-9,11-12,15,19H,4-5,10H2,1-3H3,(H,18,20)/t11-,12+,15-/m0/s1. The number of unbranched alkanes of at least 4 members (excludes halogenated alkanes) is 1. The van der Waals surface area contributed by atoms with Crippen LogP contribution in [-0.4, -0.2) is 29.8 Å². The van der Waals surface area contributed by atoms with Gasteiger partial charge in [0.15, 0.2) is 0 Å². The van der Waals surface area contributed by atoms with E-state index in [2.05, 4.69) is 12.2 Å². The van der Waals surface area contributed by atoms with E-state index < -0.39 is 18.2 Å². The van der Waals surface area contributed by atoms with Crippen LogP contribution in [-0.2, 0) is 9.53 Å². The van der Waals surface area contributed by atoms with E-state index in [9.17, 15) is 14.3 Å². The summed E-state index contributed by atoms with van der Waals surface area (Å²) in [6.07, 6.45) is 0.469. The van der Waals surface area contributed by atoms with Gasteiger partial charge in [-0.25, -0.2) is 4.39 Å². The SMILES string of the molecule is CCCCO[C@H](C)C(=O)N[C@@H](C)[C@H](O)c1ccc(F)cc1. The molecule has 118 valence electrons. The first-order valence-corrected chi connectivity index (χ1v) is 7.31. The molecule has 4 nitrogen and oxygen atoms in total. The van der Waals surface area contributed by atoms with Crippen LogP contribution in [0, 0.1) is 5.82 Å². The molecule has 5 heteroatoms. The fourth-order valence-electron chi connectivity index (χ4n) is 1.85. The van der Waals surface area contributed by atoms with Gasteiger partial charge in [0.05, 0.1) is 12.1 Å². The molecule has 0 aliphatic carbocycles. The lowest BCUT2D eigenvalue weighted by Gasteiger charge is -2.22. The average molecular weight is 297 g/mol. The zero-order chi connectivity index (χ0) is 15.8. The van der Waals surface area contributed by atoms with Crippen molar-refractivity contribution in [2.24, 2.45) is 0 Å². The van der Waals surface area contributed by atoms with Gasteiger partial charge in [0.1, 0.15) is 11.9 Å². The zero-order valence-corrected chi connectivity index (χ0v) is 12.8. The van der Waals surface area contributed by atoms with Crippen LogP contribution in [0.2, 0.25) is 0 Å². The fourth-order valence-corrected chi connectivity index (χ4v) is 1.85. The summed E-state index contributed by atoms with van der Waals surface area (Å²) in [5.74, 6) is -0.625. The summed E-state index contributed by atoms with van der Waals surface area (Å²) < 4.78 is 18.2. The van der Waals surface area contributed by atoms with E-state index in [0.717, 1.165) is 12.8 Å². The Morgan fingerprint density at radius 1 is 1.33 bits per heavy atom. The first-order chi connectivity index (χ1) is 9.95. The molecule has 2 N–H and O–H groups in total. The lowest BCUT2D eigenvalue weighted by atomic mass is 10.0. The molecule has 0 fully saturated rings. The Balaban J connectivity index is 2.49. The number of aliphatic hydroxyl groups excluding tert-OH is 1. The van der Waals surface area contributed by atoms with Crippen LogP contribution in [0.3, 0.4) is 0 Å². The largest absolute Gasteiger partial charge is 0.386 e. The molecule has 0 saturated carbocycles. The molecule has 0 aliphatic rings. The van der Waals surface area contributed by atoms with Crippen LogP contribution in [0.15, 0.2) is 24.3 Å². The van der Waals surface area contributed by atoms with E-state index in [1.807, 2.05) is 0 Å². The smallest absolute Gasteiger partial charge is 0.249 e. The number of carbonyl (C=O) groups is 1. The van der Waals surface area contributed by atoms with Gasteiger partial charge in [0.25, 0.3) is 0 Å². The quantitative estimate of drug-likeness (QED) is 0.725. The Kier molecular flexibility index (Phi) is 7.32. The predicted octanol–water partition coefficient (Wildman–Crippen LogP) is 2.57. The molecule has 0 saturated heterocycles. The molecule has 0 radical (unpaired) electrons. The van der Waals surface area contributed by atoms with Gasteiger partial charge in [-0.2, -0.15) is 0 Å². The second-order valence-corrected chi connectivity index (χ2v) is 5.16. The molecule has 0 heterocycles. The second kappa shape index (κ2) is 8.74. The van der Waals surface area contributed by atoms with Crippen LogP contribution in [0.25, 0.3) is 0 Å². The molecule has 0 aliphatic heterocycles. The van der Waals surface area contributed by atoms with Crippen LogP contribution in [0.5, 0.6) is 0 Å². The van der Waals surface area contributed by atoms with Crippen LogP contribution in [0.4, 0.5) is 4.39 Å². The number of hydrogen-bond acceptors (Lipinski definition) is 3. The zero-order valence-electron chi connectivity index (χ0n) is 12.8. The molecule has 3 atom stereocenters. The highest BCUT2D eigenvalue weighted by molar-refractivity contribution is 5.80. The first-order valence-electron chi connectivity index (χ1n) is 7.31. The van der Waals surface area contributed by atoms with Gasteiger partial charge < -0.3 is 15.2 Å². The number of halogens is 1. The Labute approximate surface area is 125 Å². The number of ether oxygens (including phenoxy) is 1. The number of amides is 1. The highest BCUT2D eigenvalue weighted by Crippen LogP contribution is 2.17. The van der Waals surface area contributed by atoms with Gasteiger partial charge in [-0.05, 0) is 38.0 Å². The van der Waals surface area contributed by atoms with E-state index in [-0.39, 0.29) is 11.7 Å². The van der Waals surface area contributed by atoms with Crippen molar-refractivity contribution in [1.29, 1.82) is 0 Å². The Hall–Kier alpha value is -1.46. The minimum absolute atomic E-state index is 0.264. The molecule has 1 rings (SSSR count). The Bertz CT molecular complexity index is 436. The predicted molar refractivity (Wildman–Crippen MR) is 79.3 cm³/mol. The Morgan fingerprint density at radius 2 is 1.95 bits per heavy atom. The van der Waals surface area contributed by atoms with Gasteiger partial charge in [-0.15, -0.1) is 0 Å². The maximum absolute atomic E-state index is 12.8. The van der Waals surface area contributed by atoms with Gasteiger partial charge in [0.2, 0.25) is 5.91 Å². The van der Waals surface area contributed by atoms with Crippen molar-refractivity contribution >= 4 is 5.91 Å². The lowest BCUT2D eigenvalue weighted by molar-refractivity contribution is -0.133. The van der Waals surface area contributed by atoms with Crippen LogP contribution in [0.1, 0.15) is 45.3 Å². The third-order valence-electron chi connectivity index (χ3n) is 3.29. The van der Waals surface area contributed by atoms with Crippen molar-refractivity contribution in [2.45, 2.75) is 51.9 Å². The summed E-state index contributed by atoms with van der Waals surface area (Å²) in [4.78, 5) is 11.9. The van der Waals surface area contributed by atoms with Crippen molar-refractivity contribution in [3.63, 3.8) is 0 Å². The molecule has 1 aromatic rings. The van der Waals surface area contributed by atoms with Crippen LogP contribution < -0.4 is 5.32 Å². The maximum Gasteiger partial charge on any atom is 0.249 e. The molecular weight excluding hydrogens is 273 g/mol. The highest BCUT2D eigenvalue weighted by atomic mass is 19.1. The fraction of sp³-hybridized carbons (Fsp3) is 0.562. The van der Waals surface area contributed by atoms with Crippen molar-refractivity contribution < 1.29 is 19.0 Å². The molecular formula is C16H24FNO3. The summed E-state index contributed by atoms with van der Waals surface area (Å²) in [6, 6.07) is 5.08. The average Bonchev–Trinajstić information content (AvgIpc) is 2.47. The third-order valence-corrected chi connectivity index (χ3v) is 3.29. The third kappa shape index (κ3) is 5.81. The summed E-state index contributed by atoms with van der Waals surface area (Å²) in [5, 5.41) is 12.9. The number of rotatable bonds is 8. The molecule has 0 spiro atoms. The Morgan fingerprint density at radius 3 is 2.52 bits per heavy atom. The van der Waals surface area contributed by atoms with Crippen molar-refractivity contribution in [2.75, 3.05) is 6.61 Å². The second-order valence-electron chi connectivity index (χ2n) is 5.16. The van der Waals surface area contributed by atoms with Crippen molar-refractivity contribution in [3.05, 3.63) is 35.6 Å². The minimum Gasteiger partial charge on any atom is -0.386 e. The first kappa shape index (κ1) is 17.6. The molecule has 1 aromatic carbocycles. The van der Waals surface area contributed by atoms with Gasteiger partial charge in [-0.1, -0.05) is 25.5 Å². The summed E-state index contributed by atoms with van der Waals surface area (Å²) in [7, 11) is 0. The monoisotopic (exact) mass is 297 g/mol. The van der Waals surface area contributed by atoms with E-state index >= 15 is 0 Å². The summed E-state index contributed by atoms with van der Waals surface area (Å²) >= 11 is 0. The molecule has 0 unspecified atom stereocenters. The number of benzene rings is 1. The van der Waals surface area contributed by atoms with E-state index in [1.54, 1.807) is 13.8 Å². The lowest BCUT2D eigenvalue weighted by Crippen LogP contribution is -2.42. The number of carbonyl (C=O) groups excluding carboxylic acids is 1. The molecule has 0 bridgehead atoms. The van der Waals surface area contributed by atoms with Gasteiger partial charge in [-0.3, -0.25) is 4.79 Å². The number of hydrogen-bond donors (Lipinski definition) is 2. The molecule has 0 aromatic heterocycles. The maximum atomic E-state index is 12.8. The molecule has 1 amide bonds. The van der Waals surface area contributed by atoms with E-state index in [0.29, 0.717) is 12.2 Å². The van der Waals surface area contributed by atoms with E-state index in [4.69, 9.17) is 4.74 Å². The van der Waals surface area contributed by atoms with E-state index in [1.165, 1.54) is 24.3 Å². The summed E-state index contributed by atoms with van der Waals surface area (Å²) in [6.45, 7) is 5.97. The number of nitrogens with one attached hydrogen (secondary N) is 1. The highest BCUT2D eigenvalue weighted by Gasteiger charge is 2.21. The minimum atomic E-state index is -0.891.